The predicted molar refractivity (Wildman–Crippen MR) is 95.1 cm³/mol. The van der Waals surface area contributed by atoms with E-state index < -0.39 is 17.9 Å². The number of carboxylic acid groups (broad SMARTS) is 1. The van der Waals surface area contributed by atoms with Crippen LogP contribution in [-0.2, 0) is 9.59 Å². The fourth-order valence-electron chi connectivity index (χ4n) is 2.36. The lowest BCUT2D eigenvalue weighted by atomic mass is 9.98. The molecule has 1 aromatic carbocycles. The van der Waals surface area contributed by atoms with Crippen molar-refractivity contribution in [1.82, 2.24) is 4.90 Å². The molecule has 1 fully saturated rings. The molecule has 1 aliphatic rings. The summed E-state index contributed by atoms with van der Waals surface area (Å²) < 4.78 is 0.213. The van der Waals surface area contributed by atoms with Crippen LogP contribution in [0.15, 0.2) is 29.2 Å². The van der Waals surface area contributed by atoms with Crippen molar-refractivity contribution in [2.75, 3.05) is 0 Å². The Hall–Kier alpha value is -1.99. The number of benzene rings is 1. The van der Waals surface area contributed by atoms with Gasteiger partial charge in [-0.1, -0.05) is 68.5 Å². The zero-order valence-electron chi connectivity index (χ0n) is 13.2. The minimum atomic E-state index is -1.31. The first-order chi connectivity index (χ1) is 11.4. The number of carbonyl (C=O) groups is 3. The highest BCUT2D eigenvalue weighted by molar-refractivity contribution is 8.26. The monoisotopic (exact) mass is 362 g/mol. The van der Waals surface area contributed by atoms with E-state index in [4.69, 9.17) is 12.2 Å². The number of aldehydes is 1. The van der Waals surface area contributed by atoms with Crippen molar-refractivity contribution in [3.05, 3.63) is 40.3 Å². The van der Waals surface area contributed by atoms with Crippen molar-refractivity contribution >= 4 is 52.5 Å². The molecule has 0 unspecified atom stereocenters. The molecule has 126 valence electrons. The quantitative estimate of drug-likeness (QED) is 0.437. The second-order valence-corrected chi connectivity index (χ2v) is 7.16. The Morgan fingerprint density at radius 1 is 1.33 bits per heavy atom. The van der Waals surface area contributed by atoms with E-state index in [1.807, 2.05) is 6.92 Å². The first-order valence-corrected chi connectivity index (χ1v) is 8.64. The number of thiocarbonyl (C=S) groups is 1. The largest absolute Gasteiger partial charge is 0.548 e. The number of hydrogen-bond acceptors (Lipinski definition) is 6. The van der Waals surface area contributed by atoms with Crippen molar-refractivity contribution < 1.29 is 19.5 Å². The van der Waals surface area contributed by atoms with Gasteiger partial charge < -0.3 is 9.90 Å². The Kier molecular flexibility index (Phi) is 5.90. The summed E-state index contributed by atoms with van der Waals surface area (Å²) in [5.74, 6) is -2.01. The molecule has 0 N–H and O–H groups in total. The van der Waals surface area contributed by atoms with E-state index in [0.29, 0.717) is 16.9 Å². The third-order valence-corrected chi connectivity index (χ3v) is 5.23. The maximum Gasteiger partial charge on any atom is 0.266 e. The van der Waals surface area contributed by atoms with E-state index in [0.717, 1.165) is 28.5 Å². The van der Waals surface area contributed by atoms with Crippen molar-refractivity contribution in [2.45, 2.75) is 26.3 Å². The van der Waals surface area contributed by atoms with Gasteiger partial charge in [0.05, 0.1) is 16.9 Å². The molecular weight excluding hydrogens is 346 g/mol. The first-order valence-electron chi connectivity index (χ1n) is 7.42. The second-order valence-electron chi connectivity index (χ2n) is 5.49. The number of hydrogen-bond donors (Lipinski definition) is 0. The SMILES string of the molecule is CC[C@H](C)[C@@H](C(=O)[O-])N1C(=O)/C(=C/c2ccc(C=O)cc2)SC1=S. The number of rotatable bonds is 6. The van der Waals surface area contributed by atoms with Gasteiger partial charge in [-0.2, -0.15) is 0 Å². The minimum Gasteiger partial charge on any atom is -0.548 e. The van der Waals surface area contributed by atoms with Crippen molar-refractivity contribution in [1.29, 1.82) is 0 Å². The maximum atomic E-state index is 12.6. The average Bonchev–Trinajstić information content (AvgIpc) is 2.83. The minimum absolute atomic E-state index is 0.213. The molecule has 0 saturated carbocycles. The Bertz CT molecular complexity index is 712. The number of amides is 1. The fourth-order valence-corrected chi connectivity index (χ4v) is 3.69. The summed E-state index contributed by atoms with van der Waals surface area (Å²) in [6.07, 6.45) is 2.96. The zero-order valence-corrected chi connectivity index (χ0v) is 14.9. The van der Waals surface area contributed by atoms with Crippen LogP contribution < -0.4 is 5.11 Å². The number of aliphatic carboxylic acids is 1. The summed E-state index contributed by atoms with van der Waals surface area (Å²) in [5, 5.41) is 11.5. The van der Waals surface area contributed by atoms with E-state index in [9.17, 15) is 19.5 Å². The maximum absolute atomic E-state index is 12.6. The number of carbonyl (C=O) groups excluding carboxylic acids is 3. The summed E-state index contributed by atoms with van der Waals surface area (Å²) in [6.45, 7) is 3.60. The Labute approximate surface area is 149 Å². The van der Waals surface area contributed by atoms with Crippen molar-refractivity contribution in [3.8, 4) is 0 Å². The number of thioether (sulfide) groups is 1. The summed E-state index contributed by atoms with van der Waals surface area (Å²) in [5.41, 5.74) is 1.27. The zero-order chi connectivity index (χ0) is 17.9. The molecule has 2 rings (SSSR count). The molecule has 1 aliphatic heterocycles. The molecule has 5 nitrogen and oxygen atoms in total. The van der Waals surface area contributed by atoms with Crippen LogP contribution in [0.3, 0.4) is 0 Å². The highest BCUT2D eigenvalue weighted by Gasteiger charge is 2.39. The van der Waals surface area contributed by atoms with Crippen LogP contribution in [0.2, 0.25) is 0 Å². The van der Waals surface area contributed by atoms with Crippen molar-refractivity contribution in [3.63, 3.8) is 0 Å². The predicted octanol–water partition coefficient (Wildman–Crippen LogP) is 1.86. The smallest absolute Gasteiger partial charge is 0.266 e. The van der Waals surface area contributed by atoms with E-state index in [1.54, 1.807) is 37.3 Å². The van der Waals surface area contributed by atoms with Gasteiger partial charge in [0, 0.05) is 5.56 Å². The number of nitrogens with zero attached hydrogens (tertiary/aromatic N) is 1. The third kappa shape index (κ3) is 3.73. The second kappa shape index (κ2) is 7.72. The van der Waals surface area contributed by atoms with Gasteiger partial charge >= 0.3 is 0 Å². The molecule has 1 amide bonds. The highest BCUT2D eigenvalue weighted by atomic mass is 32.2. The van der Waals surface area contributed by atoms with Gasteiger partial charge in [0.25, 0.3) is 5.91 Å². The molecule has 1 saturated heterocycles. The molecule has 1 aromatic rings. The standard InChI is InChI=1S/C17H17NO4S2/c1-3-10(2)14(16(21)22)18-15(20)13(24-17(18)23)8-11-4-6-12(9-19)7-5-11/h4-10,14H,3H2,1-2H3,(H,21,22)/p-1/b13-8-/t10-,14-/m0/s1. The topological polar surface area (TPSA) is 77.5 Å². The average molecular weight is 362 g/mol. The van der Waals surface area contributed by atoms with Gasteiger partial charge in [0.15, 0.2) is 0 Å². The molecule has 0 bridgehead atoms. The van der Waals surface area contributed by atoms with Crippen molar-refractivity contribution in [2.24, 2.45) is 5.92 Å². The lowest BCUT2D eigenvalue weighted by molar-refractivity contribution is -0.311. The molecule has 1 heterocycles. The molecular formula is C17H16NO4S2-. The van der Waals surface area contributed by atoms with Gasteiger partial charge in [0.1, 0.15) is 10.6 Å². The fraction of sp³-hybridized carbons (Fsp3) is 0.294. The van der Waals surface area contributed by atoms with Crippen LogP contribution in [-0.4, -0.2) is 33.4 Å². The van der Waals surface area contributed by atoms with Crippen LogP contribution >= 0.6 is 24.0 Å². The van der Waals surface area contributed by atoms with E-state index in [2.05, 4.69) is 0 Å². The van der Waals surface area contributed by atoms with E-state index in [1.165, 1.54) is 0 Å². The third-order valence-electron chi connectivity index (χ3n) is 3.90. The number of carboxylic acids is 1. The summed E-state index contributed by atoms with van der Waals surface area (Å²) in [7, 11) is 0. The van der Waals surface area contributed by atoms with Gasteiger partial charge in [-0.05, 0) is 17.6 Å². The lowest BCUT2D eigenvalue weighted by Gasteiger charge is -2.32. The van der Waals surface area contributed by atoms with Crippen LogP contribution in [0, 0.1) is 5.92 Å². The van der Waals surface area contributed by atoms with Gasteiger partial charge in [-0.15, -0.1) is 0 Å². The van der Waals surface area contributed by atoms with Crippen LogP contribution in [0.5, 0.6) is 0 Å². The van der Waals surface area contributed by atoms with Crippen LogP contribution in [0.4, 0.5) is 0 Å². The van der Waals surface area contributed by atoms with Gasteiger partial charge in [-0.25, -0.2) is 0 Å². The Morgan fingerprint density at radius 2 is 1.92 bits per heavy atom. The first kappa shape index (κ1) is 18.4. The van der Waals surface area contributed by atoms with E-state index >= 15 is 0 Å². The lowest BCUT2D eigenvalue weighted by Crippen LogP contribution is -2.53. The van der Waals surface area contributed by atoms with Gasteiger partial charge in [-0.3, -0.25) is 14.5 Å². The van der Waals surface area contributed by atoms with Gasteiger partial charge in [0.2, 0.25) is 0 Å². The molecule has 0 spiro atoms. The highest BCUT2D eigenvalue weighted by Crippen LogP contribution is 2.35. The molecule has 2 atom stereocenters. The summed E-state index contributed by atoms with van der Waals surface area (Å²) in [6, 6.07) is 5.62. The van der Waals surface area contributed by atoms with Crippen LogP contribution in [0.25, 0.3) is 6.08 Å². The molecule has 0 aromatic heterocycles. The summed E-state index contributed by atoms with van der Waals surface area (Å²) >= 11 is 6.27. The van der Waals surface area contributed by atoms with E-state index in [-0.39, 0.29) is 10.2 Å². The Balaban J connectivity index is 2.31. The Morgan fingerprint density at radius 3 is 2.42 bits per heavy atom. The summed E-state index contributed by atoms with van der Waals surface area (Å²) in [4.78, 5) is 36.3. The molecule has 0 radical (unpaired) electrons. The molecule has 7 heteroatoms. The molecule has 24 heavy (non-hydrogen) atoms. The molecule has 0 aliphatic carbocycles. The van der Waals surface area contributed by atoms with Crippen LogP contribution in [0.1, 0.15) is 36.2 Å². The normalized spacial score (nSPS) is 18.8.